The molecule has 0 aliphatic carbocycles. The summed E-state index contributed by atoms with van der Waals surface area (Å²) >= 11 is 4.99. The zero-order valence-corrected chi connectivity index (χ0v) is 11.7. The summed E-state index contributed by atoms with van der Waals surface area (Å²) < 4.78 is 14.1. The normalized spacial score (nSPS) is 10.8. The van der Waals surface area contributed by atoms with E-state index in [-0.39, 0.29) is 5.82 Å². The molecule has 17 heavy (non-hydrogen) atoms. The van der Waals surface area contributed by atoms with Crippen molar-refractivity contribution >= 4 is 27.3 Å². The van der Waals surface area contributed by atoms with Gasteiger partial charge in [0.25, 0.3) is 0 Å². The van der Waals surface area contributed by atoms with Crippen LogP contribution in [-0.2, 0) is 6.42 Å². The van der Waals surface area contributed by atoms with Crippen molar-refractivity contribution in [3.63, 3.8) is 0 Å². The SMILES string of the molecule is Cc1nc(-c2cc(F)ccc2Br)sc1CCN. The van der Waals surface area contributed by atoms with Crippen molar-refractivity contribution in [3.8, 4) is 10.6 Å². The van der Waals surface area contributed by atoms with E-state index in [9.17, 15) is 4.39 Å². The van der Waals surface area contributed by atoms with Crippen LogP contribution in [0.2, 0.25) is 0 Å². The Kier molecular flexibility index (Phi) is 3.91. The quantitative estimate of drug-likeness (QED) is 0.941. The number of nitrogens with zero attached hydrogens (tertiary/aromatic N) is 1. The van der Waals surface area contributed by atoms with E-state index < -0.39 is 0 Å². The van der Waals surface area contributed by atoms with Crippen LogP contribution in [-0.4, -0.2) is 11.5 Å². The van der Waals surface area contributed by atoms with E-state index in [4.69, 9.17) is 5.73 Å². The fourth-order valence-electron chi connectivity index (χ4n) is 1.57. The number of nitrogens with two attached hydrogens (primary N) is 1. The van der Waals surface area contributed by atoms with Gasteiger partial charge in [-0.05, 0) is 38.1 Å². The summed E-state index contributed by atoms with van der Waals surface area (Å²) in [4.78, 5) is 5.63. The highest BCUT2D eigenvalue weighted by Crippen LogP contribution is 2.33. The van der Waals surface area contributed by atoms with E-state index in [1.54, 1.807) is 17.4 Å². The van der Waals surface area contributed by atoms with Crippen LogP contribution in [0.1, 0.15) is 10.6 Å². The van der Waals surface area contributed by atoms with Gasteiger partial charge in [-0.3, -0.25) is 0 Å². The Morgan fingerprint density at radius 1 is 1.47 bits per heavy atom. The van der Waals surface area contributed by atoms with Crippen LogP contribution in [0.15, 0.2) is 22.7 Å². The van der Waals surface area contributed by atoms with Crippen molar-refractivity contribution in [2.75, 3.05) is 6.54 Å². The van der Waals surface area contributed by atoms with E-state index in [1.807, 2.05) is 6.92 Å². The zero-order chi connectivity index (χ0) is 12.4. The van der Waals surface area contributed by atoms with Crippen molar-refractivity contribution in [3.05, 3.63) is 39.1 Å². The monoisotopic (exact) mass is 314 g/mol. The average Bonchev–Trinajstić information content (AvgIpc) is 2.64. The van der Waals surface area contributed by atoms with Crippen LogP contribution in [0.5, 0.6) is 0 Å². The number of aromatic nitrogens is 1. The van der Waals surface area contributed by atoms with Crippen molar-refractivity contribution in [2.45, 2.75) is 13.3 Å². The maximum atomic E-state index is 13.2. The number of rotatable bonds is 3. The number of halogens is 2. The molecule has 0 unspecified atom stereocenters. The first kappa shape index (κ1) is 12.7. The molecule has 2 nitrogen and oxygen atoms in total. The first-order valence-electron chi connectivity index (χ1n) is 5.23. The van der Waals surface area contributed by atoms with E-state index in [1.165, 1.54) is 17.0 Å². The van der Waals surface area contributed by atoms with E-state index in [0.717, 1.165) is 27.2 Å². The molecule has 1 aromatic carbocycles. The molecule has 0 saturated heterocycles. The van der Waals surface area contributed by atoms with Gasteiger partial charge < -0.3 is 5.73 Å². The summed E-state index contributed by atoms with van der Waals surface area (Å²) in [6.07, 6.45) is 0.816. The molecule has 1 aromatic heterocycles. The van der Waals surface area contributed by atoms with Gasteiger partial charge in [-0.15, -0.1) is 11.3 Å². The number of hydrogen-bond donors (Lipinski definition) is 1. The van der Waals surface area contributed by atoms with Crippen LogP contribution < -0.4 is 5.73 Å². The van der Waals surface area contributed by atoms with E-state index >= 15 is 0 Å². The Bertz CT molecular complexity index is 539. The van der Waals surface area contributed by atoms with Gasteiger partial charge in [-0.25, -0.2) is 9.37 Å². The van der Waals surface area contributed by atoms with Crippen molar-refractivity contribution in [1.82, 2.24) is 4.98 Å². The van der Waals surface area contributed by atoms with Crippen LogP contribution in [0, 0.1) is 12.7 Å². The molecular weight excluding hydrogens is 303 g/mol. The molecule has 0 aliphatic heterocycles. The number of thiazole rings is 1. The largest absolute Gasteiger partial charge is 0.330 e. The van der Waals surface area contributed by atoms with E-state index in [2.05, 4.69) is 20.9 Å². The molecular formula is C12H12BrFN2S. The lowest BCUT2D eigenvalue weighted by Gasteiger charge is -2.00. The summed E-state index contributed by atoms with van der Waals surface area (Å²) in [6, 6.07) is 4.62. The summed E-state index contributed by atoms with van der Waals surface area (Å²) in [5, 5.41) is 0.831. The maximum absolute atomic E-state index is 13.2. The number of benzene rings is 1. The third-order valence-electron chi connectivity index (χ3n) is 2.42. The molecule has 0 bridgehead atoms. The van der Waals surface area contributed by atoms with Crippen LogP contribution >= 0.6 is 27.3 Å². The lowest BCUT2D eigenvalue weighted by molar-refractivity contribution is 0.628. The van der Waals surface area contributed by atoms with Gasteiger partial charge in [-0.2, -0.15) is 0 Å². The van der Waals surface area contributed by atoms with Gasteiger partial charge in [0.15, 0.2) is 0 Å². The first-order chi connectivity index (χ1) is 8.11. The van der Waals surface area contributed by atoms with Gasteiger partial charge in [0.2, 0.25) is 0 Å². The highest BCUT2D eigenvalue weighted by Gasteiger charge is 2.12. The Labute approximate surface area is 112 Å². The molecule has 90 valence electrons. The fourth-order valence-corrected chi connectivity index (χ4v) is 3.24. The second-order valence-electron chi connectivity index (χ2n) is 3.69. The molecule has 0 saturated carbocycles. The second-order valence-corrected chi connectivity index (χ2v) is 5.63. The smallest absolute Gasteiger partial charge is 0.125 e. The minimum absolute atomic E-state index is 0.253. The molecule has 2 rings (SSSR count). The van der Waals surface area contributed by atoms with Crippen molar-refractivity contribution in [1.29, 1.82) is 0 Å². The lowest BCUT2D eigenvalue weighted by atomic mass is 10.2. The van der Waals surface area contributed by atoms with Gasteiger partial charge in [0, 0.05) is 14.9 Å². The number of aryl methyl sites for hydroxylation is 1. The minimum Gasteiger partial charge on any atom is -0.330 e. The molecule has 0 amide bonds. The second kappa shape index (κ2) is 5.25. The topological polar surface area (TPSA) is 38.9 Å². The average molecular weight is 315 g/mol. The summed E-state index contributed by atoms with van der Waals surface area (Å²) in [5.74, 6) is -0.253. The third-order valence-corrected chi connectivity index (χ3v) is 4.36. The predicted octanol–water partition coefficient (Wildman–Crippen LogP) is 3.52. The Balaban J connectivity index is 2.45. The maximum Gasteiger partial charge on any atom is 0.125 e. The molecule has 0 aliphatic rings. The Morgan fingerprint density at radius 2 is 2.24 bits per heavy atom. The molecule has 0 atom stereocenters. The minimum atomic E-state index is -0.253. The standard InChI is InChI=1S/C12H12BrFN2S/c1-7-11(4-5-15)17-12(16-7)9-6-8(14)2-3-10(9)13/h2-3,6H,4-5,15H2,1H3. The Morgan fingerprint density at radius 3 is 2.94 bits per heavy atom. The Hall–Kier alpha value is -0.780. The van der Waals surface area contributed by atoms with Crippen LogP contribution in [0.4, 0.5) is 4.39 Å². The molecule has 0 fully saturated rings. The molecule has 2 N–H and O–H groups in total. The number of hydrogen-bond acceptors (Lipinski definition) is 3. The summed E-state index contributed by atoms with van der Waals surface area (Å²) in [7, 11) is 0. The molecule has 2 aromatic rings. The van der Waals surface area contributed by atoms with Crippen molar-refractivity contribution in [2.24, 2.45) is 5.73 Å². The highest BCUT2D eigenvalue weighted by molar-refractivity contribution is 9.10. The van der Waals surface area contributed by atoms with Gasteiger partial charge in [0.05, 0.1) is 5.69 Å². The fraction of sp³-hybridized carbons (Fsp3) is 0.250. The van der Waals surface area contributed by atoms with Crippen LogP contribution in [0.25, 0.3) is 10.6 Å². The summed E-state index contributed by atoms with van der Waals surface area (Å²) in [6.45, 7) is 2.56. The molecule has 5 heteroatoms. The zero-order valence-electron chi connectivity index (χ0n) is 9.34. The molecule has 0 spiro atoms. The predicted molar refractivity (Wildman–Crippen MR) is 72.7 cm³/mol. The van der Waals surface area contributed by atoms with Gasteiger partial charge in [0.1, 0.15) is 10.8 Å². The van der Waals surface area contributed by atoms with Gasteiger partial charge in [-0.1, -0.05) is 15.9 Å². The van der Waals surface area contributed by atoms with Crippen LogP contribution in [0.3, 0.4) is 0 Å². The van der Waals surface area contributed by atoms with Crippen molar-refractivity contribution < 1.29 is 4.39 Å². The third kappa shape index (κ3) is 2.73. The van der Waals surface area contributed by atoms with Gasteiger partial charge >= 0.3 is 0 Å². The summed E-state index contributed by atoms with van der Waals surface area (Å²) in [5.41, 5.74) is 7.31. The van der Waals surface area contributed by atoms with E-state index in [0.29, 0.717) is 6.54 Å². The molecule has 1 heterocycles. The first-order valence-corrected chi connectivity index (χ1v) is 6.84. The molecule has 0 radical (unpaired) electrons. The highest BCUT2D eigenvalue weighted by atomic mass is 79.9. The lowest BCUT2D eigenvalue weighted by Crippen LogP contribution is -2.01.